The van der Waals surface area contributed by atoms with Gasteiger partial charge in [-0.25, -0.2) is 12.8 Å². The Balaban J connectivity index is 2.92. The van der Waals surface area contributed by atoms with Crippen molar-refractivity contribution in [1.82, 2.24) is 4.72 Å². The number of esters is 1. The molecular weight excluding hydrogens is 275 g/mol. The van der Waals surface area contributed by atoms with Gasteiger partial charge >= 0.3 is 5.97 Å². The van der Waals surface area contributed by atoms with Gasteiger partial charge in [0.15, 0.2) is 0 Å². The number of anilines is 1. The van der Waals surface area contributed by atoms with E-state index in [0.29, 0.717) is 0 Å². The van der Waals surface area contributed by atoms with Crippen molar-refractivity contribution in [3.05, 3.63) is 23.5 Å². The molecule has 0 amide bonds. The van der Waals surface area contributed by atoms with Crippen molar-refractivity contribution in [2.45, 2.75) is 18.7 Å². The number of carbonyl (C=O) groups is 1. The van der Waals surface area contributed by atoms with Crippen molar-refractivity contribution in [1.29, 1.82) is 0 Å². The average molecular weight is 290 g/mol. The van der Waals surface area contributed by atoms with E-state index in [1.807, 2.05) is 4.72 Å². The molecule has 0 bridgehead atoms. The Morgan fingerprint density at radius 1 is 1.47 bits per heavy atom. The van der Waals surface area contributed by atoms with Crippen LogP contribution in [0.3, 0.4) is 0 Å². The van der Waals surface area contributed by atoms with E-state index < -0.39 is 28.4 Å². The smallest absolute Gasteiger partial charge is 0.321 e. The van der Waals surface area contributed by atoms with Crippen LogP contribution in [0.1, 0.15) is 12.5 Å². The van der Waals surface area contributed by atoms with Crippen LogP contribution in [0.4, 0.5) is 10.1 Å². The van der Waals surface area contributed by atoms with Crippen LogP contribution in [0.15, 0.2) is 17.0 Å². The molecule has 0 saturated carbocycles. The highest BCUT2D eigenvalue weighted by Crippen LogP contribution is 2.20. The van der Waals surface area contributed by atoms with Gasteiger partial charge in [0.1, 0.15) is 12.4 Å². The molecule has 0 spiro atoms. The van der Waals surface area contributed by atoms with Crippen LogP contribution in [0, 0.1) is 12.7 Å². The van der Waals surface area contributed by atoms with E-state index in [0.717, 1.165) is 12.1 Å². The Kier molecular flexibility index (Phi) is 4.84. The summed E-state index contributed by atoms with van der Waals surface area (Å²) in [6.45, 7) is 2.66. The number of carbonyl (C=O) groups excluding carboxylic acids is 1. The van der Waals surface area contributed by atoms with Crippen molar-refractivity contribution in [2.24, 2.45) is 0 Å². The maximum atomic E-state index is 13.4. The molecule has 8 heteroatoms. The Labute approximate surface area is 110 Å². The van der Waals surface area contributed by atoms with Gasteiger partial charge < -0.3 is 10.5 Å². The van der Waals surface area contributed by atoms with E-state index in [1.165, 1.54) is 6.92 Å². The standard InChI is InChI=1S/C11H15FN2O4S/c1-3-18-11(15)6-14-19(16,17)8-4-9(12)7(2)10(13)5-8/h4-5,14H,3,6,13H2,1-2H3. The quantitative estimate of drug-likeness (QED) is 0.610. The van der Waals surface area contributed by atoms with Gasteiger partial charge in [-0.3, -0.25) is 4.79 Å². The van der Waals surface area contributed by atoms with Gasteiger partial charge in [0.05, 0.1) is 11.5 Å². The molecule has 1 aromatic carbocycles. The Hall–Kier alpha value is -1.67. The molecule has 0 radical (unpaired) electrons. The molecule has 0 heterocycles. The number of nitrogen functional groups attached to an aromatic ring is 1. The number of hydrogen-bond acceptors (Lipinski definition) is 5. The average Bonchev–Trinajstić information content (AvgIpc) is 2.33. The van der Waals surface area contributed by atoms with Crippen LogP contribution >= 0.6 is 0 Å². The molecule has 19 heavy (non-hydrogen) atoms. The first-order valence-corrected chi connectivity index (χ1v) is 6.97. The number of rotatable bonds is 5. The fraction of sp³-hybridized carbons (Fsp3) is 0.364. The van der Waals surface area contributed by atoms with Crippen LogP contribution < -0.4 is 10.5 Å². The lowest BCUT2D eigenvalue weighted by atomic mass is 10.2. The van der Waals surface area contributed by atoms with Gasteiger partial charge in [0, 0.05) is 11.3 Å². The van der Waals surface area contributed by atoms with Gasteiger partial charge in [-0.05, 0) is 26.0 Å². The fourth-order valence-corrected chi connectivity index (χ4v) is 2.29. The van der Waals surface area contributed by atoms with E-state index in [9.17, 15) is 17.6 Å². The summed E-state index contributed by atoms with van der Waals surface area (Å²) in [7, 11) is -4.01. The lowest BCUT2D eigenvalue weighted by Crippen LogP contribution is -2.30. The molecule has 1 rings (SSSR count). The summed E-state index contributed by atoms with van der Waals surface area (Å²) in [6, 6.07) is 1.98. The Bertz CT molecular complexity index is 563. The van der Waals surface area contributed by atoms with Crippen LogP contribution in [-0.2, 0) is 19.6 Å². The highest BCUT2D eigenvalue weighted by atomic mass is 32.2. The Morgan fingerprint density at radius 2 is 2.11 bits per heavy atom. The number of halogens is 1. The molecule has 0 fully saturated rings. The zero-order valence-electron chi connectivity index (χ0n) is 10.6. The van der Waals surface area contributed by atoms with E-state index >= 15 is 0 Å². The Morgan fingerprint density at radius 3 is 2.63 bits per heavy atom. The maximum absolute atomic E-state index is 13.4. The van der Waals surface area contributed by atoms with Gasteiger partial charge in [-0.15, -0.1) is 0 Å². The van der Waals surface area contributed by atoms with Crippen LogP contribution in [0.25, 0.3) is 0 Å². The number of benzene rings is 1. The molecule has 0 atom stereocenters. The van der Waals surface area contributed by atoms with Crippen molar-refractivity contribution < 1.29 is 22.3 Å². The van der Waals surface area contributed by atoms with Gasteiger partial charge in [0.2, 0.25) is 10.0 Å². The summed E-state index contributed by atoms with van der Waals surface area (Å²) in [5.41, 5.74) is 5.69. The third-order valence-corrected chi connectivity index (χ3v) is 3.76. The largest absolute Gasteiger partial charge is 0.465 e. The van der Waals surface area contributed by atoms with E-state index in [2.05, 4.69) is 4.74 Å². The first kappa shape index (κ1) is 15.4. The predicted molar refractivity (Wildman–Crippen MR) is 67.4 cm³/mol. The minimum atomic E-state index is -4.01. The van der Waals surface area contributed by atoms with Crippen molar-refractivity contribution >= 4 is 21.7 Å². The summed E-state index contributed by atoms with van der Waals surface area (Å²) in [4.78, 5) is 10.7. The molecule has 0 aromatic heterocycles. The predicted octanol–water partition coefficient (Wildman–Crippen LogP) is 0.558. The van der Waals surface area contributed by atoms with Crippen molar-refractivity contribution in [2.75, 3.05) is 18.9 Å². The summed E-state index contributed by atoms with van der Waals surface area (Å²) in [5, 5.41) is 0. The summed E-state index contributed by atoms with van der Waals surface area (Å²) in [6.07, 6.45) is 0. The third-order valence-electron chi connectivity index (χ3n) is 2.38. The molecule has 0 aliphatic rings. The second kappa shape index (κ2) is 5.98. The summed E-state index contributed by atoms with van der Waals surface area (Å²) in [5.74, 6) is -1.44. The molecule has 106 valence electrons. The number of nitrogens with one attached hydrogen (secondary N) is 1. The minimum absolute atomic E-state index is 0.0245. The zero-order chi connectivity index (χ0) is 14.6. The molecular formula is C11H15FN2O4S. The van der Waals surface area contributed by atoms with Gasteiger partial charge in [0.25, 0.3) is 0 Å². The van der Waals surface area contributed by atoms with Gasteiger partial charge in [-0.1, -0.05) is 0 Å². The first-order valence-electron chi connectivity index (χ1n) is 5.49. The molecule has 0 aliphatic heterocycles. The lowest BCUT2D eigenvalue weighted by Gasteiger charge is -2.09. The number of nitrogens with two attached hydrogens (primary N) is 1. The molecule has 0 aliphatic carbocycles. The number of ether oxygens (including phenoxy) is 1. The lowest BCUT2D eigenvalue weighted by molar-refractivity contribution is -0.141. The SMILES string of the molecule is CCOC(=O)CNS(=O)(=O)c1cc(N)c(C)c(F)c1. The van der Waals surface area contributed by atoms with Crippen LogP contribution in [-0.4, -0.2) is 27.5 Å². The van der Waals surface area contributed by atoms with Gasteiger partial charge in [-0.2, -0.15) is 4.72 Å². The third kappa shape index (κ3) is 3.90. The van der Waals surface area contributed by atoms with Crippen LogP contribution in [0.2, 0.25) is 0 Å². The number of sulfonamides is 1. The first-order chi connectivity index (χ1) is 8.77. The highest BCUT2D eigenvalue weighted by molar-refractivity contribution is 7.89. The van der Waals surface area contributed by atoms with E-state index in [-0.39, 0.29) is 22.8 Å². The van der Waals surface area contributed by atoms with E-state index in [1.54, 1.807) is 6.92 Å². The second-order valence-corrected chi connectivity index (χ2v) is 5.52. The summed E-state index contributed by atoms with van der Waals surface area (Å²) >= 11 is 0. The maximum Gasteiger partial charge on any atom is 0.321 e. The zero-order valence-corrected chi connectivity index (χ0v) is 11.4. The summed E-state index contributed by atoms with van der Waals surface area (Å²) < 4.78 is 43.6. The molecule has 3 N–H and O–H groups in total. The number of hydrogen-bond donors (Lipinski definition) is 2. The fourth-order valence-electron chi connectivity index (χ4n) is 1.28. The normalized spacial score (nSPS) is 11.3. The van der Waals surface area contributed by atoms with E-state index in [4.69, 9.17) is 5.73 Å². The van der Waals surface area contributed by atoms with Crippen LogP contribution in [0.5, 0.6) is 0 Å². The second-order valence-electron chi connectivity index (χ2n) is 3.75. The molecule has 6 nitrogen and oxygen atoms in total. The monoisotopic (exact) mass is 290 g/mol. The molecule has 0 saturated heterocycles. The highest BCUT2D eigenvalue weighted by Gasteiger charge is 2.18. The molecule has 0 unspecified atom stereocenters. The minimum Gasteiger partial charge on any atom is -0.465 e. The van der Waals surface area contributed by atoms with Crippen molar-refractivity contribution in [3.8, 4) is 0 Å². The van der Waals surface area contributed by atoms with Crippen molar-refractivity contribution in [3.63, 3.8) is 0 Å². The topological polar surface area (TPSA) is 98.5 Å². The molecule has 1 aromatic rings.